The zero-order valence-electron chi connectivity index (χ0n) is 15.3. The molecule has 2 aromatic rings. The van der Waals surface area contributed by atoms with Gasteiger partial charge in [-0.2, -0.15) is 0 Å². The van der Waals surface area contributed by atoms with Crippen LogP contribution in [0.4, 0.5) is 0 Å². The van der Waals surface area contributed by atoms with Gasteiger partial charge < -0.3 is 0 Å². The highest BCUT2D eigenvalue weighted by Gasteiger charge is 2.34. The van der Waals surface area contributed by atoms with Gasteiger partial charge in [-0.15, -0.1) is 11.3 Å². The van der Waals surface area contributed by atoms with Crippen LogP contribution in [0.15, 0.2) is 41.8 Å². The summed E-state index contributed by atoms with van der Waals surface area (Å²) in [6.07, 6.45) is 10.9. The van der Waals surface area contributed by atoms with Gasteiger partial charge >= 0.3 is 0 Å². The maximum Gasteiger partial charge on any atom is 0.261 e. The molecule has 0 N–H and O–H groups in total. The van der Waals surface area contributed by atoms with Gasteiger partial charge in [-0.25, -0.2) is 0 Å². The number of thiophene rings is 1. The van der Waals surface area contributed by atoms with Crippen molar-refractivity contribution in [3.63, 3.8) is 0 Å². The summed E-state index contributed by atoms with van der Waals surface area (Å²) in [4.78, 5) is 27.4. The van der Waals surface area contributed by atoms with Crippen LogP contribution >= 0.6 is 11.3 Å². The third-order valence-electron chi connectivity index (χ3n) is 5.01. The van der Waals surface area contributed by atoms with Crippen LogP contribution in [-0.2, 0) is 6.42 Å². The van der Waals surface area contributed by atoms with E-state index in [1.165, 1.54) is 54.7 Å². The van der Waals surface area contributed by atoms with Crippen LogP contribution in [0.5, 0.6) is 0 Å². The van der Waals surface area contributed by atoms with Crippen molar-refractivity contribution in [3.05, 3.63) is 57.8 Å². The van der Waals surface area contributed by atoms with Gasteiger partial charge in [0.2, 0.25) is 0 Å². The second-order valence-corrected chi connectivity index (χ2v) is 8.00. The molecular weight excluding hydrogens is 342 g/mol. The summed E-state index contributed by atoms with van der Waals surface area (Å²) in [5, 5.41) is 2.15. The molecule has 0 fully saturated rings. The second-order valence-electron chi connectivity index (χ2n) is 6.97. The van der Waals surface area contributed by atoms with E-state index in [0.29, 0.717) is 17.7 Å². The zero-order chi connectivity index (χ0) is 18.2. The predicted molar refractivity (Wildman–Crippen MR) is 107 cm³/mol. The number of nitrogens with zero attached hydrogens (tertiary/aromatic N) is 1. The Bertz CT molecular complexity index is 689. The first kappa shape index (κ1) is 18.8. The van der Waals surface area contributed by atoms with E-state index in [4.69, 9.17) is 0 Å². The summed E-state index contributed by atoms with van der Waals surface area (Å²) in [5.41, 5.74) is 1.11. The van der Waals surface area contributed by atoms with Gasteiger partial charge in [0.05, 0.1) is 11.1 Å². The Morgan fingerprint density at radius 1 is 0.692 bits per heavy atom. The normalized spacial score (nSPS) is 13.5. The summed E-state index contributed by atoms with van der Waals surface area (Å²) in [6, 6.07) is 11.5. The number of unbranched alkanes of at least 4 members (excludes halogenated alkanes) is 7. The predicted octanol–water partition coefficient (Wildman–Crippen LogP) is 5.71. The third-order valence-corrected chi connectivity index (χ3v) is 5.95. The maximum atomic E-state index is 12.3. The molecule has 2 amide bonds. The summed E-state index contributed by atoms with van der Waals surface area (Å²) < 4.78 is 0. The summed E-state index contributed by atoms with van der Waals surface area (Å²) in [7, 11) is 0. The fourth-order valence-electron chi connectivity index (χ4n) is 3.53. The van der Waals surface area contributed by atoms with Gasteiger partial charge in [0.1, 0.15) is 0 Å². The van der Waals surface area contributed by atoms with Crippen molar-refractivity contribution in [2.24, 2.45) is 0 Å². The third kappa shape index (κ3) is 4.82. The number of rotatable bonds is 11. The molecule has 0 bridgehead atoms. The van der Waals surface area contributed by atoms with Crippen molar-refractivity contribution in [1.29, 1.82) is 0 Å². The number of amides is 2. The number of fused-ring (bicyclic) bond motifs is 1. The highest BCUT2D eigenvalue weighted by molar-refractivity contribution is 7.09. The molecule has 0 unspecified atom stereocenters. The molecule has 3 rings (SSSR count). The van der Waals surface area contributed by atoms with Crippen molar-refractivity contribution in [1.82, 2.24) is 4.90 Å². The zero-order valence-corrected chi connectivity index (χ0v) is 16.1. The first-order valence-corrected chi connectivity index (χ1v) is 10.6. The van der Waals surface area contributed by atoms with Crippen LogP contribution in [0.3, 0.4) is 0 Å². The van der Waals surface area contributed by atoms with E-state index in [1.54, 1.807) is 12.1 Å². The van der Waals surface area contributed by atoms with Crippen LogP contribution < -0.4 is 0 Å². The highest BCUT2D eigenvalue weighted by Crippen LogP contribution is 2.23. The van der Waals surface area contributed by atoms with E-state index in [1.807, 2.05) is 23.5 Å². The number of aryl methyl sites for hydroxylation is 1. The minimum absolute atomic E-state index is 0.128. The Morgan fingerprint density at radius 2 is 1.27 bits per heavy atom. The molecule has 0 saturated carbocycles. The van der Waals surface area contributed by atoms with Crippen LogP contribution in [0.25, 0.3) is 0 Å². The number of hydrogen-bond acceptors (Lipinski definition) is 3. The average Bonchev–Trinajstić information content (AvgIpc) is 3.26. The summed E-state index contributed by atoms with van der Waals surface area (Å²) in [6.45, 7) is 0.549. The van der Waals surface area contributed by atoms with Gasteiger partial charge in [0.25, 0.3) is 11.8 Å². The van der Waals surface area contributed by atoms with E-state index in [-0.39, 0.29) is 11.8 Å². The molecule has 1 aliphatic rings. The number of benzene rings is 1. The lowest BCUT2D eigenvalue weighted by atomic mass is 10.1. The lowest BCUT2D eigenvalue weighted by molar-refractivity contribution is 0.0651. The largest absolute Gasteiger partial charge is 0.274 e. The Morgan fingerprint density at radius 3 is 1.85 bits per heavy atom. The minimum atomic E-state index is -0.128. The molecule has 1 aromatic carbocycles. The van der Waals surface area contributed by atoms with E-state index < -0.39 is 0 Å². The molecule has 1 aliphatic heterocycles. The maximum absolute atomic E-state index is 12.3. The molecule has 0 saturated heterocycles. The van der Waals surface area contributed by atoms with Gasteiger partial charge in [0, 0.05) is 11.4 Å². The standard InChI is InChI=1S/C22H27NO2S/c24-21-19-14-8-9-15-20(19)22(25)23(21)16-10-6-4-2-1-3-5-7-12-18-13-11-17-26-18/h8-9,11,13-15,17H,1-7,10,12,16H2. The van der Waals surface area contributed by atoms with Gasteiger partial charge in [-0.3, -0.25) is 14.5 Å². The van der Waals surface area contributed by atoms with E-state index in [0.717, 1.165) is 12.8 Å². The van der Waals surface area contributed by atoms with Crippen LogP contribution in [0.1, 0.15) is 77.0 Å². The number of imide groups is 1. The molecule has 0 atom stereocenters. The second kappa shape index (κ2) is 9.67. The molecule has 4 heteroatoms. The average molecular weight is 370 g/mol. The molecule has 26 heavy (non-hydrogen) atoms. The Hall–Kier alpha value is -1.94. The Balaban J connectivity index is 1.22. The molecule has 3 nitrogen and oxygen atoms in total. The Labute approximate surface area is 160 Å². The van der Waals surface area contributed by atoms with Gasteiger partial charge in [0.15, 0.2) is 0 Å². The fourth-order valence-corrected chi connectivity index (χ4v) is 4.28. The van der Waals surface area contributed by atoms with E-state index >= 15 is 0 Å². The van der Waals surface area contributed by atoms with E-state index in [9.17, 15) is 9.59 Å². The van der Waals surface area contributed by atoms with E-state index in [2.05, 4.69) is 17.5 Å². The molecule has 138 valence electrons. The smallest absolute Gasteiger partial charge is 0.261 e. The van der Waals surface area contributed by atoms with Gasteiger partial charge in [-0.05, 0) is 42.8 Å². The fraction of sp³-hybridized carbons (Fsp3) is 0.455. The Kier molecular flexibility index (Phi) is 7.01. The first-order chi connectivity index (χ1) is 12.8. The van der Waals surface area contributed by atoms with Crippen LogP contribution in [0.2, 0.25) is 0 Å². The number of carbonyl (C=O) groups is 2. The number of carbonyl (C=O) groups excluding carboxylic acids is 2. The lowest BCUT2D eigenvalue weighted by Crippen LogP contribution is -2.30. The molecule has 2 heterocycles. The summed E-state index contributed by atoms with van der Waals surface area (Å²) in [5.74, 6) is -0.257. The van der Waals surface area contributed by atoms with Crippen molar-refractivity contribution >= 4 is 23.2 Å². The quantitative estimate of drug-likeness (QED) is 0.376. The molecule has 0 aliphatic carbocycles. The van der Waals surface area contributed by atoms with Crippen LogP contribution in [-0.4, -0.2) is 23.3 Å². The van der Waals surface area contributed by atoms with Crippen molar-refractivity contribution in [2.45, 2.75) is 57.8 Å². The van der Waals surface area contributed by atoms with Crippen molar-refractivity contribution < 1.29 is 9.59 Å². The monoisotopic (exact) mass is 369 g/mol. The first-order valence-electron chi connectivity index (χ1n) is 9.75. The molecule has 0 spiro atoms. The molecule has 1 aromatic heterocycles. The lowest BCUT2D eigenvalue weighted by Gasteiger charge is -2.13. The van der Waals surface area contributed by atoms with Crippen LogP contribution in [0, 0.1) is 0 Å². The highest BCUT2D eigenvalue weighted by atomic mass is 32.1. The summed E-state index contributed by atoms with van der Waals surface area (Å²) >= 11 is 1.86. The van der Waals surface area contributed by atoms with Crippen molar-refractivity contribution in [2.75, 3.05) is 6.54 Å². The SMILES string of the molecule is O=C1c2ccccc2C(=O)N1CCCCCCCCCCc1cccs1. The topological polar surface area (TPSA) is 37.4 Å². The molecular formula is C22H27NO2S. The minimum Gasteiger partial charge on any atom is -0.274 e. The van der Waals surface area contributed by atoms with Crippen molar-refractivity contribution in [3.8, 4) is 0 Å². The number of hydrogen-bond donors (Lipinski definition) is 0. The van der Waals surface area contributed by atoms with Gasteiger partial charge in [-0.1, -0.05) is 56.7 Å². The molecule has 0 radical (unpaired) electrons.